The highest BCUT2D eigenvalue weighted by atomic mass is 127. The number of carboxylic acid groups (broad SMARTS) is 1. The van der Waals surface area contributed by atoms with E-state index in [0.717, 1.165) is 12.2 Å². The molecule has 0 aliphatic heterocycles. The highest BCUT2D eigenvalue weighted by Crippen LogP contribution is 2.24. The van der Waals surface area contributed by atoms with Crippen LogP contribution in [-0.4, -0.2) is 42.8 Å². The van der Waals surface area contributed by atoms with E-state index in [1.54, 1.807) is 0 Å². The van der Waals surface area contributed by atoms with Crippen molar-refractivity contribution in [2.75, 3.05) is 19.8 Å². The predicted molar refractivity (Wildman–Crippen MR) is 118 cm³/mol. The van der Waals surface area contributed by atoms with Gasteiger partial charge in [-0.2, -0.15) is 8.78 Å². The molecule has 0 aromatic heterocycles. The van der Waals surface area contributed by atoms with Crippen molar-refractivity contribution in [2.24, 2.45) is 0 Å². The molecule has 0 heterocycles. The normalized spacial score (nSPS) is 12.2. The Morgan fingerprint density at radius 2 is 1.74 bits per heavy atom. The lowest BCUT2D eigenvalue weighted by molar-refractivity contribution is -0.170. The van der Waals surface area contributed by atoms with E-state index in [2.05, 4.69) is 18.6 Å². The standard InChI is InChI=1S/C22H23F2IO6/c1-3-14(2)15-4-7-17(8-5-15)29-10-11-30-19-9-6-16(12-18(19)25)20(26)31-13-22(23,24)21(27)28/h4-9,12,14H,3,10-11,13H2,1-2H3,(H,27,28). The number of carbonyl (C=O) groups excluding carboxylic acids is 1. The van der Waals surface area contributed by atoms with E-state index in [4.69, 9.17) is 14.6 Å². The van der Waals surface area contributed by atoms with Crippen LogP contribution in [0.3, 0.4) is 0 Å². The number of esters is 1. The minimum absolute atomic E-state index is 0.00980. The first-order valence-electron chi connectivity index (χ1n) is 9.57. The van der Waals surface area contributed by atoms with Gasteiger partial charge in [0.25, 0.3) is 0 Å². The van der Waals surface area contributed by atoms with Crippen molar-refractivity contribution < 1.29 is 37.7 Å². The van der Waals surface area contributed by atoms with Crippen molar-refractivity contribution in [2.45, 2.75) is 32.1 Å². The molecule has 0 saturated heterocycles. The van der Waals surface area contributed by atoms with Gasteiger partial charge < -0.3 is 19.3 Å². The van der Waals surface area contributed by atoms with Crippen LogP contribution in [0.1, 0.15) is 42.1 Å². The second kappa shape index (κ2) is 11.3. The lowest BCUT2D eigenvalue weighted by Gasteiger charge is -2.13. The Hall–Kier alpha value is -2.43. The van der Waals surface area contributed by atoms with Crippen LogP contribution in [0.4, 0.5) is 8.78 Å². The quantitative estimate of drug-likeness (QED) is 0.238. The number of benzene rings is 2. The summed E-state index contributed by atoms with van der Waals surface area (Å²) >= 11 is 1.94. The van der Waals surface area contributed by atoms with Crippen LogP contribution in [0.5, 0.6) is 11.5 Å². The summed E-state index contributed by atoms with van der Waals surface area (Å²) in [5, 5.41) is 8.36. The maximum Gasteiger partial charge on any atom is 0.378 e. The number of aliphatic carboxylic acids is 1. The number of ether oxygens (including phenoxy) is 3. The van der Waals surface area contributed by atoms with E-state index in [9.17, 15) is 18.4 Å². The monoisotopic (exact) mass is 548 g/mol. The van der Waals surface area contributed by atoms with Gasteiger partial charge in [0.1, 0.15) is 24.7 Å². The Morgan fingerprint density at radius 3 is 2.32 bits per heavy atom. The Labute approximate surface area is 192 Å². The third-order valence-electron chi connectivity index (χ3n) is 4.54. The zero-order chi connectivity index (χ0) is 23.0. The molecular formula is C22H23F2IO6. The van der Waals surface area contributed by atoms with Gasteiger partial charge in [-0.3, -0.25) is 0 Å². The van der Waals surface area contributed by atoms with E-state index < -0.39 is 24.5 Å². The largest absolute Gasteiger partial charge is 0.490 e. The van der Waals surface area contributed by atoms with Gasteiger partial charge in [-0.15, -0.1) is 0 Å². The van der Waals surface area contributed by atoms with Gasteiger partial charge in [-0.25, -0.2) is 9.59 Å². The first kappa shape index (κ1) is 24.8. The minimum Gasteiger partial charge on any atom is -0.490 e. The molecule has 31 heavy (non-hydrogen) atoms. The van der Waals surface area contributed by atoms with E-state index in [0.29, 0.717) is 21.8 Å². The Morgan fingerprint density at radius 1 is 1.10 bits per heavy atom. The summed E-state index contributed by atoms with van der Waals surface area (Å²) in [5.74, 6) is -5.82. The Kier molecular flexibility index (Phi) is 9.02. The average Bonchev–Trinajstić information content (AvgIpc) is 2.75. The SMILES string of the molecule is CCC(C)c1ccc(OCCOc2ccc(C(=O)OCC(F)(F)C(=O)O)cc2I)cc1. The smallest absolute Gasteiger partial charge is 0.378 e. The fraction of sp³-hybridized carbons (Fsp3) is 0.364. The average molecular weight is 548 g/mol. The third-order valence-corrected chi connectivity index (χ3v) is 5.38. The van der Waals surface area contributed by atoms with Crippen molar-refractivity contribution in [3.05, 3.63) is 57.2 Å². The molecule has 0 fully saturated rings. The summed E-state index contributed by atoms with van der Waals surface area (Å²) in [6.45, 7) is 3.35. The molecule has 2 rings (SSSR count). The van der Waals surface area contributed by atoms with Gasteiger partial charge in [0.15, 0.2) is 6.61 Å². The maximum absolute atomic E-state index is 13.0. The molecule has 1 N–H and O–H groups in total. The van der Waals surface area contributed by atoms with Crippen molar-refractivity contribution in [1.82, 2.24) is 0 Å². The minimum atomic E-state index is -4.14. The maximum atomic E-state index is 13.0. The van der Waals surface area contributed by atoms with Crippen molar-refractivity contribution in [1.29, 1.82) is 0 Å². The van der Waals surface area contributed by atoms with Crippen LogP contribution in [0, 0.1) is 3.57 Å². The van der Waals surface area contributed by atoms with Crippen LogP contribution in [0.15, 0.2) is 42.5 Å². The van der Waals surface area contributed by atoms with Crippen LogP contribution in [0.25, 0.3) is 0 Å². The summed E-state index contributed by atoms with van der Waals surface area (Å²) in [6.07, 6.45) is 1.07. The number of alkyl halides is 2. The molecule has 6 nitrogen and oxygen atoms in total. The van der Waals surface area contributed by atoms with E-state index in [1.807, 2.05) is 46.9 Å². The second-order valence-corrected chi connectivity index (χ2v) is 7.97. The van der Waals surface area contributed by atoms with Crippen molar-refractivity contribution in [3.8, 4) is 11.5 Å². The highest BCUT2D eigenvalue weighted by Gasteiger charge is 2.40. The number of carbonyl (C=O) groups is 2. The highest BCUT2D eigenvalue weighted by molar-refractivity contribution is 14.1. The summed E-state index contributed by atoms with van der Waals surface area (Å²) in [7, 11) is 0. The topological polar surface area (TPSA) is 82.1 Å². The van der Waals surface area contributed by atoms with E-state index >= 15 is 0 Å². The van der Waals surface area contributed by atoms with Gasteiger partial charge in [0.2, 0.25) is 0 Å². The van der Waals surface area contributed by atoms with Gasteiger partial charge in [0.05, 0.1) is 9.13 Å². The number of carboxylic acids is 1. The van der Waals surface area contributed by atoms with E-state index in [-0.39, 0.29) is 12.2 Å². The van der Waals surface area contributed by atoms with Gasteiger partial charge in [-0.1, -0.05) is 26.0 Å². The summed E-state index contributed by atoms with van der Waals surface area (Å²) < 4.78 is 42.3. The molecule has 2 aromatic rings. The van der Waals surface area contributed by atoms with Gasteiger partial charge in [-0.05, 0) is 70.8 Å². The molecule has 0 spiro atoms. The Balaban J connectivity index is 1.83. The number of rotatable bonds is 11. The number of halogens is 3. The number of hydrogen-bond acceptors (Lipinski definition) is 5. The van der Waals surface area contributed by atoms with Gasteiger partial charge >= 0.3 is 17.9 Å². The molecule has 0 amide bonds. The van der Waals surface area contributed by atoms with E-state index in [1.165, 1.54) is 23.8 Å². The lowest BCUT2D eigenvalue weighted by Crippen LogP contribution is -2.34. The Bertz CT molecular complexity index is 901. The van der Waals surface area contributed by atoms with Crippen LogP contribution in [-0.2, 0) is 9.53 Å². The molecule has 0 saturated carbocycles. The van der Waals surface area contributed by atoms with Gasteiger partial charge in [0, 0.05) is 0 Å². The molecule has 0 bridgehead atoms. The van der Waals surface area contributed by atoms with Crippen LogP contribution in [0.2, 0.25) is 0 Å². The molecule has 0 radical (unpaired) electrons. The fourth-order valence-corrected chi connectivity index (χ4v) is 3.16. The zero-order valence-electron chi connectivity index (χ0n) is 17.1. The predicted octanol–water partition coefficient (Wildman–Crippen LogP) is 5.14. The van der Waals surface area contributed by atoms with Crippen molar-refractivity contribution in [3.63, 3.8) is 0 Å². The zero-order valence-corrected chi connectivity index (χ0v) is 19.2. The summed E-state index contributed by atoms with van der Waals surface area (Å²) in [5.41, 5.74) is 1.27. The summed E-state index contributed by atoms with van der Waals surface area (Å²) in [4.78, 5) is 22.2. The first-order chi connectivity index (χ1) is 14.6. The molecule has 0 aliphatic rings. The van der Waals surface area contributed by atoms with Crippen LogP contribution >= 0.6 is 22.6 Å². The second-order valence-electron chi connectivity index (χ2n) is 6.81. The molecule has 9 heteroatoms. The van der Waals surface area contributed by atoms with Crippen LogP contribution < -0.4 is 9.47 Å². The molecule has 0 aliphatic carbocycles. The fourth-order valence-electron chi connectivity index (χ4n) is 2.49. The third kappa shape index (κ3) is 7.34. The summed E-state index contributed by atoms with van der Waals surface area (Å²) in [6, 6.07) is 12.2. The molecular weight excluding hydrogens is 525 g/mol. The number of hydrogen-bond donors (Lipinski definition) is 1. The lowest BCUT2D eigenvalue weighted by atomic mass is 9.99. The first-order valence-corrected chi connectivity index (χ1v) is 10.7. The molecule has 1 atom stereocenters. The molecule has 1 unspecified atom stereocenters. The van der Waals surface area contributed by atoms with Crippen molar-refractivity contribution >= 4 is 34.5 Å². The molecule has 2 aromatic carbocycles. The molecule has 168 valence electrons.